The van der Waals surface area contributed by atoms with Crippen LogP contribution in [0, 0.1) is 11.6 Å². The monoisotopic (exact) mass is 432 g/mol. The Hall–Kier alpha value is -1.90. The zero-order valence-electron chi connectivity index (χ0n) is 17.5. The standard InChI is InChI=1S/C24H30F2N2O3/c25-19-7-3-17(4-8-19)13-27(14-18-5-9-20(26)10-6-18)15-21-23(28-11-1-2-12-28)24(30)22(16-29)31-21/h3-10,21-24,29-30H,1-2,11-16H2/t21-,22-,23-,24+/m0/s1. The first-order chi connectivity index (χ1) is 15.0. The van der Waals surface area contributed by atoms with E-state index in [1.165, 1.54) is 24.3 Å². The Balaban J connectivity index is 1.54. The highest BCUT2D eigenvalue weighted by molar-refractivity contribution is 5.18. The molecule has 2 aromatic rings. The van der Waals surface area contributed by atoms with Gasteiger partial charge in [0.1, 0.15) is 23.8 Å². The summed E-state index contributed by atoms with van der Waals surface area (Å²) < 4.78 is 32.8. The van der Waals surface area contributed by atoms with Gasteiger partial charge in [-0.15, -0.1) is 0 Å². The van der Waals surface area contributed by atoms with Crippen molar-refractivity contribution in [2.45, 2.75) is 50.3 Å². The van der Waals surface area contributed by atoms with Crippen LogP contribution in [0.15, 0.2) is 48.5 Å². The number of benzene rings is 2. The van der Waals surface area contributed by atoms with Crippen molar-refractivity contribution in [3.05, 3.63) is 71.3 Å². The van der Waals surface area contributed by atoms with Crippen LogP contribution in [0.3, 0.4) is 0 Å². The fraction of sp³-hybridized carbons (Fsp3) is 0.500. The van der Waals surface area contributed by atoms with Crippen LogP contribution in [-0.4, -0.2) is 70.6 Å². The van der Waals surface area contributed by atoms with E-state index in [9.17, 15) is 19.0 Å². The predicted octanol–water partition coefficient (Wildman–Crippen LogP) is 2.55. The Morgan fingerprint density at radius 2 is 1.39 bits per heavy atom. The van der Waals surface area contributed by atoms with Gasteiger partial charge in [0.05, 0.1) is 18.8 Å². The average Bonchev–Trinajstić information content (AvgIpc) is 3.39. The Morgan fingerprint density at radius 3 is 1.87 bits per heavy atom. The minimum atomic E-state index is -0.744. The van der Waals surface area contributed by atoms with Gasteiger partial charge in [-0.2, -0.15) is 0 Å². The molecule has 2 fully saturated rings. The van der Waals surface area contributed by atoms with Crippen LogP contribution in [-0.2, 0) is 17.8 Å². The minimum absolute atomic E-state index is 0.177. The smallest absolute Gasteiger partial charge is 0.123 e. The fourth-order valence-corrected chi connectivity index (χ4v) is 4.75. The summed E-state index contributed by atoms with van der Waals surface area (Å²) in [6.07, 6.45) is 0.565. The van der Waals surface area contributed by atoms with Crippen LogP contribution >= 0.6 is 0 Å². The number of hydrogen-bond acceptors (Lipinski definition) is 5. The van der Waals surface area contributed by atoms with E-state index in [2.05, 4.69) is 9.80 Å². The minimum Gasteiger partial charge on any atom is -0.394 e. The molecule has 2 aliphatic heterocycles. The molecule has 0 saturated carbocycles. The number of nitrogens with zero attached hydrogens (tertiary/aromatic N) is 2. The lowest BCUT2D eigenvalue weighted by Gasteiger charge is -2.33. The molecule has 168 valence electrons. The molecule has 2 aliphatic rings. The molecule has 0 bridgehead atoms. The SMILES string of the molecule is OC[C@@H]1O[C@@H](CN(Cc2ccc(F)cc2)Cc2ccc(F)cc2)[C@H](N2CCCC2)[C@@H]1O. The second-order valence-corrected chi connectivity index (χ2v) is 8.54. The van der Waals surface area contributed by atoms with Gasteiger partial charge in [-0.25, -0.2) is 8.78 Å². The van der Waals surface area contributed by atoms with Crippen LogP contribution in [0.1, 0.15) is 24.0 Å². The third kappa shape index (κ3) is 5.48. The molecule has 0 unspecified atom stereocenters. The Kier molecular flexibility index (Phi) is 7.30. The molecule has 0 aliphatic carbocycles. The van der Waals surface area contributed by atoms with Gasteiger partial charge in [0, 0.05) is 19.6 Å². The first-order valence-electron chi connectivity index (χ1n) is 10.9. The average molecular weight is 433 g/mol. The summed E-state index contributed by atoms with van der Waals surface area (Å²) in [5, 5.41) is 20.5. The lowest BCUT2D eigenvalue weighted by atomic mass is 10.0. The molecule has 4 rings (SSSR count). The summed E-state index contributed by atoms with van der Waals surface area (Å²) in [4.78, 5) is 4.43. The van der Waals surface area contributed by atoms with Crippen molar-refractivity contribution in [3.63, 3.8) is 0 Å². The van der Waals surface area contributed by atoms with Crippen LogP contribution in [0.5, 0.6) is 0 Å². The van der Waals surface area contributed by atoms with Crippen molar-refractivity contribution in [1.29, 1.82) is 0 Å². The summed E-state index contributed by atoms with van der Waals surface area (Å²) in [5.41, 5.74) is 1.91. The van der Waals surface area contributed by atoms with E-state index in [0.717, 1.165) is 37.1 Å². The second-order valence-electron chi connectivity index (χ2n) is 8.54. The molecule has 0 radical (unpaired) electrons. The van der Waals surface area contributed by atoms with E-state index >= 15 is 0 Å². The molecular formula is C24H30F2N2O3. The van der Waals surface area contributed by atoms with Crippen molar-refractivity contribution in [1.82, 2.24) is 9.80 Å². The van der Waals surface area contributed by atoms with Crippen molar-refractivity contribution in [3.8, 4) is 0 Å². The summed E-state index contributed by atoms with van der Waals surface area (Å²) >= 11 is 0. The first-order valence-corrected chi connectivity index (χ1v) is 10.9. The second kappa shape index (κ2) is 10.1. The first kappa shape index (κ1) is 22.3. The van der Waals surface area contributed by atoms with Gasteiger partial charge in [0.2, 0.25) is 0 Å². The number of aliphatic hydroxyl groups excluding tert-OH is 2. The molecule has 31 heavy (non-hydrogen) atoms. The molecule has 2 aromatic carbocycles. The van der Waals surface area contributed by atoms with Crippen molar-refractivity contribution < 1.29 is 23.7 Å². The molecule has 4 atom stereocenters. The van der Waals surface area contributed by atoms with Gasteiger partial charge in [0.25, 0.3) is 0 Å². The number of aliphatic hydroxyl groups is 2. The van der Waals surface area contributed by atoms with Crippen LogP contribution in [0.25, 0.3) is 0 Å². The number of hydrogen-bond donors (Lipinski definition) is 2. The van der Waals surface area contributed by atoms with E-state index in [4.69, 9.17) is 4.74 Å². The summed E-state index contributed by atoms with van der Waals surface area (Å²) in [6, 6.07) is 12.6. The van der Waals surface area contributed by atoms with Gasteiger partial charge in [-0.3, -0.25) is 9.80 Å². The maximum Gasteiger partial charge on any atom is 0.123 e. The zero-order chi connectivity index (χ0) is 21.8. The number of halogens is 2. The Morgan fingerprint density at radius 1 is 0.871 bits per heavy atom. The highest BCUT2D eigenvalue weighted by Crippen LogP contribution is 2.30. The number of likely N-dealkylation sites (tertiary alicyclic amines) is 1. The molecule has 2 N–H and O–H groups in total. The van der Waals surface area contributed by atoms with Gasteiger partial charge in [-0.05, 0) is 61.3 Å². The Labute approximate surface area is 181 Å². The third-order valence-electron chi connectivity index (χ3n) is 6.28. The van der Waals surface area contributed by atoms with Crippen molar-refractivity contribution >= 4 is 0 Å². The van der Waals surface area contributed by atoms with Crippen LogP contribution < -0.4 is 0 Å². The lowest BCUT2D eigenvalue weighted by Crippen LogP contribution is -2.50. The zero-order valence-corrected chi connectivity index (χ0v) is 17.5. The Bertz CT molecular complexity index is 780. The molecule has 0 amide bonds. The van der Waals surface area contributed by atoms with Crippen LogP contribution in [0.2, 0.25) is 0 Å². The summed E-state index contributed by atoms with van der Waals surface area (Å²) in [5.74, 6) is -0.563. The lowest BCUT2D eigenvalue weighted by molar-refractivity contribution is -0.0323. The third-order valence-corrected chi connectivity index (χ3v) is 6.28. The van der Waals surface area contributed by atoms with Gasteiger partial charge < -0.3 is 14.9 Å². The highest BCUT2D eigenvalue weighted by Gasteiger charge is 2.47. The normalized spacial score (nSPS) is 26.7. The summed E-state index contributed by atoms with van der Waals surface area (Å²) in [6.45, 7) is 3.25. The predicted molar refractivity (Wildman–Crippen MR) is 113 cm³/mol. The maximum absolute atomic E-state index is 13.4. The fourth-order valence-electron chi connectivity index (χ4n) is 4.75. The maximum atomic E-state index is 13.4. The molecule has 7 heteroatoms. The van der Waals surface area contributed by atoms with E-state index in [0.29, 0.717) is 19.6 Å². The van der Waals surface area contributed by atoms with E-state index in [-0.39, 0.29) is 30.4 Å². The van der Waals surface area contributed by atoms with Gasteiger partial charge >= 0.3 is 0 Å². The van der Waals surface area contributed by atoms with E-state index in [1.54, 1.807) is 24.3 Å². The number of rotatable bonds is 8. The van der Waals surface area contributed by atoms with Crippen LogP contribution in [0.4, 0.5) is 8.78 Å². The highest BCUT2D eigenvalue weighted by atomic mass is 19.1. The molecule has 0 aromatic heterocycles. The topological polar surface area (TPSA) is 56.2 Å². The quantitative estimate of drug-likeness (QED) is 0.672. The van der Waals surface area contributed by atoms with Crippen molar-refractivity contribution in [2.75, 3.05) is 26.2 Å². The van der Waals surface area contributed by atoms with E-state index < -0.39 is 12.2 Å². The van der Waals surface area contributed by atoms with Gasteiger partial charge in [-0.1, -0.05) is 24.3 Å². The molecule has 0 spiro atoms. The van der Waals surface area contributed by atoms with Gasteiger partial charge in [0.15, 0.2) is 0 Å². The van der Waals surface area contributed by atoms with Crippen molar-refractivity contribution in [2.24, 2.45) is 0 Å². The summed E-state index contributed by atoms with van der Waals surface area (Å²) in [7, 11) is 0. The molecule has 5 nitrogen and oxygen atoms in total. The molecule has 2 heterocycles. The van der Waals surface area contributed by atoms with E-state index in [1.807, 2.05) is 0 Å². The number of ether oxygens (including phenoxy) is 1. The largest absolute Gasteiger partial charge is 0.394 e. The molecule has 2 saturated heterocycles. The molecular weight excluding hydrogens is 402 g/mol.